The minimum Gasteiger partial charge on any atom is -0.390 e. The van der Waals surface area contributed by atoms with Crippen LogP contribution < -0.4 is 5.14 Å². The van der Waals surface area contributed by atoms with E-state index in [0.29, 0.717) is 19.3 Å². The monoisotopic (exact) mass is 195 g/mol. The van der Waals surface area contributed by atoms with E-state index in [1.807, 2.05) is 0 Å². The molecular weight excluding hydrogens is 178 g/mol. The highest BCUT2D eigenvalue weighted by Crippen LogP contribution is 2.11. The van der Waals surface area contributed by atoms with Gasteiger partial charge in [0, 0.05) is 0 Å². The topological polar surface area (TPSA) is 80.4 Å². The van der Waals surface area contributed by atoms with Crippen molar-refractivity contribution >= 4 is 10.0 Å². The number of primary sulfonamides is 1. The fourth-order valence-electron chi connectivity index (χ4n) is 0.861. The number of aliphatic hydroxyl groups is 1. The summed E-state index contributed by atoms with van der Waals surface area (Å²) >= 11 is 0. The number of rotatable bonds is 5. The third kappa shape index (κ3) is 9.87. The van der Waals surface area contributed by atoms with Gasteiger partial charge in [0.25, 0.3) is 0 Å². The first-order valence-corrected chi connectivity index (χ1v) is 5.65. The Hall–Kier alpha value is -0.130. The van der Waals surface area contributed by atoms with Crippen LogP contribution in [0.2, 0.25) is 0 Å². The molecule has 0 unspecified atom stereocenters. The van der Waals surface area contributed by atoms with E-state index >= 15 is 0 Å². The van der Waals surface area contributed by atoms with E-state index in [1.165, 1.54) is 0 Å². The van der Waals surface area contributed by atoms with Gasteiger partial charge in [0.2, 0.25) is 10.0 Å². The van der Waals surface area contributed by atoms with E-state index in [1.54, 1.807) is 13.8 Å². The number of sulfonamides is 1. The molecule has 0 aromatic rings. The summed E-state index contributed by atoms with van der Waals surface area (Å²) in [5.41, 5.74) is -0.710. The van der Waals surface area contributed by atoms with Gasteiger partial charge >= 0.3 is 0 Å². The molecule has 0 aliphatic carbocycles. The lowest BCUT2D eigenvalue weighted by molar-refractivity contribution is 0.0686. The number of nitrogens with two attached hydrogens (primary N) is 1. The van der Waals surface area contributed by atoms with E-state index in [9.17, 15) is 13.5 Å². The van der Waals surface area contributed by atoms with Gasteiger partial charge in [-0.05, 0) is 33.1 Å². The first kappa shape index (κ1) is 11.9. The van der Waals surface area contributed by atoms with Gasteiger partial charge in [0.05, 0.1) is 11.4 Å². The Bertz CT molecular complexity index is 215. The Kier molecular flexibility index (Phi) is 4.16. The van der Waals surface area contributed by atoms with Crippen molar-refractivity contribution in [2.24, 2.45) is 5.14 Å². The Morgan fingerprint density at radius 2 is 1.83 bits per heavy atom. The highest BCUT2D eigenvalue weighted by molar-refractivity contribution is 7.89. The Morgan fingerprint density at radius 3 is 2.17 bits per heavy atom. The van der Waals surface area contributed by atoms with E-state index in [4.69, 9.17) is 5.14 Å². The van der Waals surface area contributed by atoms with E-state index in [-0.39, 0.29) is 5.75 Å². The lowest BCUT2D eigenvalue weighted by Gasteiger charge is -2.15. The SMILES string of the molecule is CC(C)(O)CCCCS(N)(=O)=O. The van der Waals surface area contributed by atoms with Crippen LogP contribution in [0.4, 0.5) is 0 Å². The zero-order valence-electron chi connectivity index (χ0n) is 7.58. The van der Waals surface area contributed by atoms with Crippen molar-refractivity contribution in [3.63, 3.8) is 0 Å². The number of hydrogen-bond acceptors (Lipinski definition) is 3. The van der Waals surface area contributed by atoms with Gasteiger partial charge in [0.1, 0.15) is 0 Å². The van der Waals surface area contributed by atoms with Gasteiger partial charge in [-0.3, -0.25) is 0 Å². The minimum atomic E-state index is -3.32. The van der Waals surface area contributed by atoms with Gasteiger partial charge in [0.15, 0.2) is 0 Å². The largest absolute Gasteiger partial charge is 0.390 e. The molecular formula is C7H17NO3S. The molecule has 0 aromatic heterocycles. The van der Waals surface area contributed by atoms with Gasteiger partial charge < -0.3 is 5.11 Å². The third-order valence-corrected chi connectivity index (χ3v) is 2.33. The standard InChI is InChI=1S/C7H17NO3S/c1-7(2,9)5-3-4-6-12(8,10)11/h9H,3-6H2,1-2H3,(H2,8,10,11). The Labute approximate surface area is 73.8 Å². The fourth-order valence-corrected chi connectivity index (χ4v) is 1.47. The van der Waals surface area contributed by atoms with Crippen molar-refractivity contribution in [3.05, 3.63) is 0 Å². The van der Waals surface area contributed by atoms with E-state index < -0.39 is 15.6 Å². The molecule has 0 heterocycles. The smallest absolute Gasteiger partial charge is 0.209 e. The second-order valence-corrected chi connectivity index (χ2v) is 5.37. The van der Waals surface area contributed by atoms with Crippen LogP contribution in [0, 0.1) is 0 Å². The Balaban J connectivity index is 3.48. The molecule has 4 nitrogen and oxygen atoms in total. The van der Waals surface area contributed by atoms with Crippen molar-refractivity contribution in [1.82, 2.24) is 0 Å². The summed E-state index contributed by atoms with van der Waals surface area (Å²) in [7, 11) is -3.32. The van der Waals surface area contributed by atoms with Crippen LogP contribution in [0.5, 0.6) is 0 Å². The lowest BCUT2D eigenvalue weighted by Crippen LogP contribution is -2.20. The molecule has 0 atom stereocenters. The van der Waals surface area contributed by atoms with Crippen molar-refractivity contribution in [1.29, 1.82) is 0 Å². The minimum absolute atomic E-state index is 0.00306. The third-order valence-electron chi connectivity index (χ3n) is 1.47. The first-order valence-electron chi connectivity index (χ1n) is 3.93. The summed E-state index contributed by atoms with van der Waals surface area (Å²) in [4.78, 5) is 0. The van der Waals surface area contributed by atoms with Crippen LogP contribution in [0.1, 0.15) is 33.1 Å². The van der Waals surface area contributed by atoms with Crippen molar-refractivity contribution < 1.29 is 13.5 Å². The summed E-state index contributed by atoms with van der Waals surface area (Å²) in [5, 5.41) is 14.1. The van der Waals surface area contributed by atoms with Gasteiger partial charge in [-0.2, -0.15) is 0 Å². The quantitative estimate of drug-likeness (QED) is 0.616. The van der Waals surface area contributed by atoms with Gasteiger partial charge in [-0.15, -0.1) is 0 Å². The molecule has 0 saturated carbocycles. The van der Waals surface area contributed by atoms with E-state index in [2.05, 4.69) is 0 Å². The van der Waals surface area contributed by atoms with Crippen LogP contribution in [0.25, 0.3) is 0 Å². The summed E-state index contributed by atoms with van der Waals surface area (Å²) in [6, 6.07) is 0. The second kappa shape index (κ2) is 4.20. The average molecular weight is 195 g/mol. The van der Waals surface area contributed by atoms with Gasteiger partial charge in [-0.1, -0.05) is 0 Å². The molecule has 0 rings (SSSR count). The predicted octanol–water partition coefficient (Wildman–Crippen LogP) is 0.216. The van der Waals surface area contributed by atoms with Crippen LogP contribution in [0.15, 0.2) is 0 Å². The predicted molar refractivity (Wildman–Crippen MR) is 48.1 cm³/mol. The molecule has 0 saturated heterocycles. The molecule has 0 amide bonds. The first-order chi connectivity index (χ1) is 5.21. The van der Waals surface area contributed by atoms with Crippen LogP contribution in [-0.4, -0.2) is 24.9 Å². The molecule has 12 heavy (non-hydrogen) atoms. The van der Waals surface area contributed by atoms with Crippen LogP contribution in [0.3, 0.4) is 0 Å². The Morgan fingerprint density at radius 1 is 1.33 bits per heavy atom. The summed E-state index contributed by atoms with van der Waals surface area (Å²) < 4.78 is 20.9. The molecule has 5 heteroatoms. The van der Waals surface area contributed by atoms with Crippen LogP contribution in [-0.2, 0) is 10.0 Å². The van der Waals surface area contributed by atoms with E-state index in [0.717, 1.165) is 0 Å². The maximum Gasteiger partial charge on any atom is 0.209 e. The maximum atomic E-state index is 10.5. The second-order valence-electron chi connectivity index (χ2n) is 3.64. The molecule has 0 aromatic carbocycles. The molecule has 0 spiro atoms. The van der Waals surface area contributed by atoms with Crippen molar-refractivity contribution in [2.45, 2.75) is 38.7 Å². The van der Waals surface area contributed by atoms with Crippen LogP contribution >= 0.6 is 0 Å². The van der Waals surface area contributed by atoms with Crippen molar-refractivity contribution in [2.75, 3.05) is 5.75 Å². The van der Waals surface area contributed by atoms with Crippen molar-refractivity contribution in [3.8, 4) is 0 Å². The number of unbranched alkanes of at least 4 members (excludes halogenated alkanes) is 1. The lowest BCUT2D eigenvalue weighted by atomic mass is 10.0. The molecule has 0 aliphatic heterocycles. The zero-order valence-corrected chi connectivity index (χ0v) is 8.39. The normalized spacial score (nSPS) is 13.3. The maximum absolute atomic E-state index is 10.5. The fraction of sp³-hybridized carbons (Fsp3) is 1.00. The highest BCUT2D eigenvalue weighted by atomic mass is 32.2. The molecule has 0 radical (unpaired) electrons. The molecule has 74 valence electrons. The number of hydrogen-bond donors (Lipinski definition) is 2. The molecule has 3 N–H and O–H groups in total. The summed E-state index contributed by atoms with van der Waals surface area (Å²) in [5.74, 6) is 0.00306. The zero-order chi connectivity index (χ0) is 9.83. The average Bonchev–Trinajstić information content (AvgIpc) is 1.76. The summed E-state index contributed by atoms with van der Waals surface area (Å²) in [6.07, 6.45) is 1.80. The highest BCUT2D eigenvalue weighted by Gasteiger charge is 2.12. The van der Waals surface area contributed by atoms with Gasteiger partial charge in [-0.25, -0.2) is 13.6 Å². The molecule has 0 fully saturated rings. The molecule has 0 aliphatic rings. The summed E-state index contributed by atoms with van der Waals surface area (Å²) in [6.45, 7) is 3.40. The molecule has 0 bridgehead atoms.